The van der Waals surface area contributed by atoms with Crippen LogP contribution in [0, 0.1) is 12.8 Å². The Morgan fingerprint density at radius 2 is 2.21 bits per heavy atom. The molecule has 0 unspecified atom stereocenters. The monoisotopic (exact) mass is 267 g/mol. The number of hydrogen-bond acceptors (Lipinski definition) is 6. The van der Waals surface area contributed by atoms with Crippen molar-refractivity contribution in [2.45, 2.75) is 26.2 Å². The van der Waals surface area contributed by atoms with Crippen LogP contribution in [0.25, 0.3) is 0 Å². The van der Waals surface area contributed by atoms with Gasteiger partial charge in [-0.15, -0.1) is 5.10 Å². The van der Waals surface area contributed by atoms with Crippen molar-refractivity contribution in [2.75, 3.05) is 31.5 Å². The number of nitrogens with zero attached hydrogens (tertiary/aromatic N) is 3. The number of aromatic nitrogens is 2. The van der Waals surface area contributed by atoms with Gasteiger partial charge in [0.05, 0.1) is 6.54 Å². The quantitative estimate of drug-likeness (QED) is 0.800. The zero-order valence-corrected chi connectivity index (χ0v) is 11.3. The highest BCUT2D eigenvalue weighted by atomic mass is 16.4. The lowest BCUT2D eigenvalue weighted by atomic mass is 9.94. The van der Waals surface area contributed by atoms with Gasteiger partial charge in [-0.1, -0.05) is 5.10 Å². The zero-order chi connectivity index (χ0) is 13.7. The Bertz CT molecular complexity index is 412. The number of carbonyl (C=O) groups is 1. The first kappa shape index (κ1) is 14.0. The Labute approximate surface area is 112 Å². The van der Waals surface area contributed by atoms with Crippen LogP contribution in [0.4, 0.5) is 6.01 Å². The lowest BCUT2D eigenvalue weighted by molar-refractivity contribution is -0.117. The van der Waals surface area contributed by atoms with Gasteiger partial charge < -0.3 is 10.2 Å². The Kier molecular flexibility index (Phi) is 4.86. The number of rotatable bonds is 5. The third-order valence-corrected chi connectivity index (χ3v) is 3.42. The number of nitrogens with one attached hydrogen (secondary N) is 1. The van der Waals surface area contributed by atoms with E-state index in [1.807, 2.05) is 0 Å². The molecule has 0 radical (unpaired) electrons. The summed E-state index contributed by atoms with van der Waals surface area (Å²) < 4.78 is 5.11. The van der Waals surface area contributed by atoms with Gasteiger partial charge in [-0.25, -0.2) is 0 Å². The average molecular weight is 267 g/mol. The highest BCUT2D eigenvalue weighted by Gasteiger charge is 2.20. The summed E-state index contributed by atoms with van der Waals surface area (Å²) in [5.41, 5.74) is 5.56. The summed E-state index contributed by atoms with van der Waals surface area (Å²) >= 11 is 0. The molecule has 1 amide bonds. The van der Waals surface area contributed by atoms with Gasteiger partial charge >= 0.3 is 6.01 Å². The molecule has 0 aromatic carbocycles. The van der Waals surface area contributed by atoms with Crippen molar-refractivity contribution >= 4 is 11.9 Å². The summed E-state index contributed by atoms with van der Waals surface area (Å²) in [4.78, 5) is 13.9. The molecular formula is C12H21N5O2. The molecule has 19 heavy (non-hydrogen) atoms. The van der Waals surface area contributed by atoms with Gasteiger partial charge in [0.15, 0.2) is 0 Å². The largest absolute Gasteiger partial charge is 0.408 e. The smallest absolute Gasteiger partial charge is 0.322 e. The van der Waals surface area contributed by atoms with E-state index < -0.39 is 0 Å². The second-order valence-corrected chi connectivity index (χ2v) is 4.97. The molecule has 1 aromatic heterocycles. The van der Waals surface area contributed by atoms with Crippen molar-refractivity contribution in [3.63, 3.8) is 0 Å². The molecule has 0 aliphatic carbocycles. The van der Waals surface area contributed by atoms with E-state index in [4.69, 9.17) is 10.2 Å². The normalized spacial score (nSPS) is 17.6. The predicted molar refractivity (Wildman–Crippen MR) is 70.5 cm³/mol. The molecule has 7 heteroatoms. The third kappa shape index (κ3) is 4.29. The van der Waals surface area contributed by atoms with Crippen LogP contribution in [-0.4, -0.2) is 47.2 Å². The maximum atomic E-state index is 11.8. The van der Waals surface area contributed by atoms with Crippen molar-refractivity contribution in [3.05, 3.63) is 5.89 Å². The van der Waals surface area contributed by atoms with Crippen molar-refractivity contribution in [1.29, 1.82) is 0 Å². The molecule has 1 saturated heterocycles. The average Bonchev–Trinajstić information content (AvgIpc) is 2.77. The van der Waals surface area contributed by atoms with E-state index in [9.17, 15) is 4.79 Å². The Morgan fingerprint density at radius 3 is 2.79 bits per heavy atom. The molecule has 1 aromatic rings. The predicted octanol–water partition coefficient (Wildman–Crippen LogP) is 0.377. The van der Waals surface area contributed by atoms with E-state index in [0.29, 0.717) is 18.4 Å². The Hall–Kier alpha value is -1.47. The molecule has 0 atom stereocenters. The number of likely N-dealkylation sites (tertiary alicyclic amines) is 1. The van der Waals surface area contributed by atoms with Crippen LogP contribution in [0.1, 0.15) is 25.2 Å². The molecule has 1 aliphatic heterocycles. The van der Waals surface area contributed by atoms with Gasteiger partial charge in [0.1, 0.15) is 0 Å². The minimum absolute atomic E-state index is 0.110. The zero-order valence-electron chi connectivity index (χ0n) is 11.3. The number of aryl methyl sites for hydroxylation is 1. The molecule has 7 nitrogen and oxygen atoms in total. The lowest BCUT2D eigenvalue weighted by Crippen LogP contribution is -2.39. The highest BCUT2D eigenvalue weighted by molar-refractivity contribution is 5.90. The first-order chi connectivity index (χ1) is 9.17. The molecule has 0 spiro atoms. The van der Waals surface area contributed by atoms with E-state index in [0.717, 1.165) is 38.9 Å². The summed E-state index contributed by atoms with van der Waals surface area (Å²) in [6, 6.07) is 0.167. The van der Waals surface area contributed by atoms with Crippen LogP contribution in [-0.2, 0) is 4.79 Å². The van der Waals surface area contributed by atoms with Crippen LogP contribution in [0.3, 0.4) is 0 Å². The second kappa shape index (κ2) is 6.63. The molecule has 3 N–H and O–H groups in total. The summed E-state index contributed by atoms with van der Waals surface area (Å²) in [5, 5.41) is 10.00. The van der Waals surface area contributed by atoms with Crippen molar-refractivity contribution in [2.24, 2.45) is 11.7 Å². The fourth-order valence-electron chi connectivity index (χ4n) is 2.38. The van der Waals surface area contributed by atoms with Crippen LogP contribution >= 0.6 is 0 Å². The van der Waals surface area contributed by atoms with Gasteiger partial charge in [0.25, 0.3) is 0 Å². The van der Waals surface area contributed by atoms with Crippen molar-refractivity contribution in [1.82, 2.24) is 15.1 Å². The standard InChI is InChI=1S/C12H21N5O2/c1-9-15-16-12(19-9)14-11(18)8-17-6-3-10(2-5-13)4-7-17/h10H,2-8,13H2,1H3,(H,14,16,18). The van der Waals surface area contributed by atoms with Gasteiger partial charge in [-0.2, -0.15) is 0 Å². The van der Waals surface area contributed by atoms with Crippen molar-refractivity contribution in [3.8, 4) is 0 Å². The molecule has 2 rings (SSSR count). The molecule has 1 fully saturated rings. The van der Waals surface area contributed by atoms with E-state index >= 15 is 0 Å². The molecule has 2 heterocycles. The Balaban J connectivity index is 1.71. The summed E-state index contributed by atoms with van der Waals surface area (Å²) in [6.07, 6.45) is 3.32. The van der Waals surface area contributed by atoms with Gasteiger partial charge in [-0.05, 0) is 44.8 Å². The first-order valence-electron chi connectivity index (χ1n) is 6.69. The van der Waals surface area contributed by atoms with Crippen molar-refractivity contribution < 1.29 is 9.21 Å². The fourth-order valence-corrected chi connectivity index (χ4v) is 2.38. The topological polar surface area (TPSA) is 97.3 Å². The summed E-state index contributed by atoms with van der Waals surface area (Å²) in [6.45, 7) is 4.70. The van der Waals surface area contributed by atoms with Crippen LogP contribution < -0.4 is 11.1 Å². The van der Waals surface area contributed by atoms with Crippen LogP contribution in [0.2, 0.25) is 0 Å². The molecule has 106 valence electrons. The molecule has 0 saturated carbocycles. The number of anilines is 1. The van der Waals surface area contributed by atoms with E-state index in [1.54, 1.807) is 6.92 Å². The first-order valence-corrected chi connectivity index (χ1v) is 6.69. The minimum Gasteiger partial charge on any atom is -0.408 e. The fraction of sp³-hybridized carbons (Fsp3) is 0.750. The molecular weight excluding hydrogens is 246 g/mol. The number of piperidine rings is 1. The lowest BCUT2D eigenvalue weighted by Gasteiger charge is -2.31. The highest BCUT2D eigenvalue weighted by Crippen LogP contribution is 2.19. The number of nitrogens with two attached hydrogens (primary N) is 1. The second-order valence-electron chi connectivity index (χ2n) is 4.97. The van der Waals surface area contributed by atoms with Gasteiger partial charge in [-0.3, -0.25) is 15.0 Å². The number of hydrogen-bond donors (Lipinski definition) is 2. The minimum atomic E-state index is -0.110. The molecule has 0 bridgehead atoms. The maximum Gasteiger partial charge on any atom is 0.322 e. The maximum absolute atomic E-state index is 11.8. The van der Waals surface area contributed by atoms with E-state index in [-0.39, 0.29) is 11.9 Å². The third-order valence-electron chi connectivity index (χ3n) is 3.42. The number of amides is 1. The van der Waals surface area contributed by atoms with Crippen LogP contribution in [0.5, 0.6) is 0 Å². The van der Waals surface area contributed by atoms with E-state index in [2.05, 4.69) is 20.4 Å². The van der Waals surface area contributed by atoms with E-state index in [1.165, 1.54) is 0 Å². The van der Waals surface area contributed by atoms with Crippen LogP contribution in [0.15, 0.2) is 4.42 Å². The Morgan fingerprint density at radius 1 is 1.47 bits per heavy atom. The number of carbonyl (C=O) groups excluding carboxylic acids is 1. The summed E-state index contributed by atoms with van der Waals surface area (Å²) in [5.74, 6) is 1.04. The van der Waals surface area contributed by atoms with Gasteiger partial charge in [0, 0.05) is 6.92 Å². The summed E-state index contributed by atoms with van der Waals surface area (Å²) in [7, 11) is 0. The molecule has 1 aliphatic rings. The van der Waals surface area contributed by atoms with Gasteiger partial charge in [0.2, 0.25) is 11.8 Å². The SMILES string of the molecule is Cc1nnc(NC(=O)CN2CCC(CCN)CC2)o1.